The SMILES string of the molecule is Cc1cc2c3c(c1)N(c1ccc(C(C)(C)C)cc1-c1ccc(-c4ccc(C(C)(C)C)cc4)cc1)c1ccc(C(C)(C)C)cc1B3c1cc3c(cc1N2c1ccc2c(c1)C(C)(C)CCC2(C)C)C(C)(C)CCC3(C)C. The quantitative estimate of drug-likeness (QED) is 0.162. The molecule has 0 atom stereocenters. The molecule has 0 saturated carbocycles. The predicted octanol–water partition coefficient (Wildman–Crippen LogP) is 18.0. The molecule has 7 aromatic carbocycles. The van der Waals surface area contributed by atoms with Crippen LogP contribution in [0.3, 0.4) is 0 Å². The monoisotopic (exact) mass is 975 g/mol. The normalized spacial score (nSPS) is 18.0. The molecule has 0 spiro atoms. The molecule has 380 valence electrons. The third-order valence-electron chi connectivity index (χ3n) is 18.5. The van der Waals surface area contributed by atoms with Gasteiger partial charge >= 0.3 is 0 Å². The minimum absolute atomic E-state index is 0.0285. The van der Waals surface area contributed by atoms with Crippen molar-refractivity contribution in [2.75, 3.05) is 9.80 Å². The minimum atomic E-state index is -0.0420. The average molecular weight is 975 g/mol. The molecular weight excluding hydrogens is 892 g/mol. The van der Waals surface area contributed by atoms with Gasteiger partial charge in [-0.2, -0.15) is 0 Å². The Bertz CT molecular complexity index is 3390. The summed E-state index contributed by atoms with van der Waals surface area (Å²) in [5, 5.41) is 0. The summed E-state index contributed by atoms with van der Waals surface area (Å²) in [5.74, 6) is 0. The van der Waals surface area contributed by atoms with Gasteiger partial charge in [0.2, 0.25) is 0 Å². The molecule has 0 fully saturated rings. The highest BCUT2D eigenvalue weighted by molar-refractivity contribution is 7.00. The Kier molecular flexibility index (Phi) is 11.3. The fourth-order valence-corrected chi connectivity index (χ4v) is 13.4. The second kappa shape index (κ2) is 16.6. The second-order valence-corrected chi connectivity index (χ2v) is 29.0. The summed E-state index contributed by atoms with van der Waals surface area (Å²) in [7, 11) is 0. The van der Waals surface area contributed by atoms with Crippen LogP contribution in [0.25, 0.3) is 22.3 Å². The molecule has 2 heterocycles. The van der Waals surface area contributed by atoms with Crippen LogP contribution in [0.1, 0.15) is 188 Å². The van der Waals surface area contributed by atoms with Crippen LogP contribution in [-0.2, 0) is 37.9 Å². The summed E-state index contributed by atoms with van der Waals surface area (Å²) in [4.78, 5) is 5.37. The largest absolute Gasteiger partial charge is 0.311 e. The molecule has 11 rings (SSSR count). The van der Waals surface area contributed by atoms with Crippen molar-refractivity contribution in [3.63, 3.8) is 0 Å². The van der Waals surface area contributed by atoms with E-state index in [4.69, 9.17) is 0 Å². The van der Waals surface area contributed by atoms with E-state index in [1.807, 2.05) is 0 Å². The predicted molar refractivity (Wildman–Crippen MR) is 323 cm³/mol. The van der Waals surface area contributed by atoms with E-state index in [1.54, 1.807) is 0 Å². The molecule has 0 bridgehead atoms. The number of nitrogens with zero attached hydrogens (tertiary/aromatic N) is 2. The van der Waals surface area contributed by atoms with Gasteiger partial charge in [0.15, 0.2) is 0 Å². The van der Waals surface area contributed by atoms with Gasteiger partial charge in [-0.15, -0.1) is 0 Å². The highest BCUT2D eigenvalue weighted by Crippen LogP contribution is 2.54. The van der Waals surface area contributed by atoms with Crippen molar-refractivity contribution < 1.29 is 0 Å². The Morgan fingerprint density at radius 2 is 0.797 bits per heavy atom. The summed E-state index contributed by atoms with van der Waals surface area (Å²) in [5.41, 5.74) is 28.4. The standard InChI is InChI=1S/C71H83BN2/c1-44-37-62-64-63(38-44)74(59-31-27-49(66(5,6)7)39-52(59)47-21-19-45(20-22-47)46-23-25-48(26-24-46)65(2,3)4)60-32-28-50(67(8,9)10)40-57(60)72(64)58-42-55-56(71(17,18)36-35-70(55,15)16)43-61(58)73(62)51-29-30-53-54(41-51)69(13,14)34-33-68(53,11)12/h19-32,37-43H,33-36H2,1-18H3. The number of fused-ring (bicyclic) bond motifs is 6. The van der Waals surface area contributed by atoms with Gasteiger partial charge in [-0.3, -0.25) is 0 Å². The van der Waals surface area contributed by atoms with E-state index < -0.39 is 0 Å². The van der Waals surface area contributed by atoms with Gasteiger partial charge in [-0.25, -0.2) is 0 Å². The van der Waals surface area contributed by atoms with Crippen LogP contribution in [0, 0.1) is 6.92 Å². The number of hydrogen-bond donors (Lipinski definition) is 0. The van der Waals surface area contributed by atoms with Crippen LogP contribution in [0.15, 0.2) is 127 Å². The fourth-order valence-electron chi connectivity index (χ4n) is 13.4. The van der Waals surface area contributed by atoms with Crippen molar-refractivity contribution in [1.29, 1.82) is 0 Å². The van der Waals surface area contributed by atoms with Crippen LogP contribution in [0.4, 0.5) is 34.1 Å². The number of anilines is 6. The zero-order valence-corrected chi connectivity index (χ0v) is 48.4. The maximum absolute atomic E-state index is 2.71. The maximum atomic E-state index is 2.71. The Morgan fingerprint density at radius 3 is 1.35 bits per heavy atom. The fraction of sp³-hybridized carbons (Fsp3) is 0.408. The molecule has 2 nitrogen and oxygen atoms in total. The molecule has 0 saturated heterocycles. The lowest BCUT2D eigenvalue weighted by molar-refractivity contribution is 0.332. The summed E-state index contributed by atoms with van der Waals surface area (Å²) in [6.07, 6.45) is 4.72. The number of hydrogen-bond acceptors (Lipinski definition) is 2. The van der Waals surface area contributed by atoms with Gasteiger partial charge in [-0.05, 0) is 197 Å². The van der Waals surface area contributed by atoms with Gasteiger partial charge in [0.1, 0.15) is 0 Å². The molecule has 0 N–H and O–H groups in total. The third-order valence-corrected chi connectivity index (χ3v) is 18.5. The van der Waals surface area contributed by atoms with Gasteiger partial charge in [0.05, 0.1) is 5.69 Å². The molecule has 0 aromatic heterocycles. The molecule has 7 aromatic rings. The van der Waals surface area contributed by atoms with Crippen molar-refractivity contribution in [3.8, 4) is 22.3 Å². The second-order valence-electron chi connectivity index (χ2n) is 29.0. The Labute approximate surface area is 447 Å². The summed E-state index contributed by atoms with van der Waals surface area (Å²) >= 11 is 0. The smallest absolute Gasteiger partial charge is 0.252 e. The lowest BCUT2D eigenvalue weighted by Crippen LogP contribution is -2.62. The zero-order valence-electron chi connectivity index (χ0n) is 48.4. The van der Waals surface area contributed by atoms with Crippen molar-refractivity contribution in [1.82, 2.24) is 0 Å². The van der Waals surface area contributed by atoms with E-state index in [0.29, 0.717) is 0 Å². The first-order valence-corrected chi connectivity index (χ1v) is 28.0. The van der Waals surface area contributed by atoms with E-state index in [1.165, 1.54) is 143 Å². The van der Waals surface area contributed by atoms with Crippen LogP contribution in [0.2, 0.25) is 0 Å². The number of aryl methyl sites for hydroxylation is 1. The molecule has 4 aliphatic rings. The van der Waals surface area contributed by atoms with E-state index in [2.05, 4.69) is 262 Å². The highest BCUT2D eigenvalue weighted by atomic mass is 15.2. The van der Waals surface area contributed by atoms with E-state index in [0.717, 1.165) is 0 Å². The Hall–Kier alpha value is -5.80. The third kappa shape index (κ3) is 8.21. The summed E-state index contributed by atoms with van der Waals surface area (Å²) in [6.45, 7) is 43.2. The summed E-state index contributed by atoms with van der Waals surface area (Å²) < 4.78 is 0. The molecule has 3 heteroatoms. The Balaban J connectivity index is 1.20. The van der Waals surface area contributed by atoms with E-state index in [9.17, 15) is 0 Å². The molecule has 2 aliphatic heterocycles. The first-order chi connectivity index (χ1) is 34.4. The number of benzene rings is 7. The Morgan fingerprint density at radius 1 is 0.365 bits per heavy atom. The molecule has 74 heavy (non-hydrogen) atoms. The van der Waals surface area contributed by atoms with Gasteiger partial charge in [-0.1, -0.05) is 197 Å². The molecule has 0 unspecified atom stereocenters. The first kappa shape index (κ1) is 50.4. The summed E-state index contributed by atoms with van der Waals surface area (Å²) in [6, 6.07) is 51.3. The van der Waals surface area contributed by atoms with Crippen LogP contribution < -0.4 is 26.2 Å². The van der Waals surface area contributed by atoms with Crippen LogP contribution in [-0.4, -0.2) is 6.71 Å². The van der Waals surface area contributed by atoms with E-state index in [-0.39, 0.29) is 44.6 Å². The van der Waals surface area contributed by atoms with Gasteiger partial charge in [0, 0.05) is 34.0 Å². The first-order valence-electron chi connectivity index (χ1n) is 28.0. The van der Waals surface area contributed by atoms with Crippen LogP contribution >= 0.6 is 0 Å². The number of rotatable bonds is 4. The van der Waals surface area contributed by atoms with Gasteiger partial charge < -0.3 is 9.80 Å². The van der Waals surface area contributed by atoms with Gasteiger partial charge in [0.25, 0.3) is 6.71 Å². The zero-order chi connectivity index (χ0) is 53.0. The van der Waals surface area contributed by atoms with Crippen molar-refractivity contribution in [2.45, 2.75) is 188 Å². The highest BCUT2D eigenvalue weighted by Gasteiger charge is 2.48. The topological polar surface area (TPSA) is 6.48 Å². The van der Waals surface area contributed by atoms with E-state index >= 15 is 0 Å². The lowest BCUT2D eigenvalue weighted by Gasteiger charge is -2.48. The molecule has 2 aliphatic carbocycles. The van der Waals surface area contributed by atoms with Crippen molar-refractivity contribution in [3.05, 3.63) is 172 Å². The van der Waals surface area contributed by atoms with Crippen molar-refractivity contribution >= 4 is 57.2 Å². The van der Waals surface area contributed by atoms with Crippen LogP contribution in [0.5, 0.6) is 0 Å². The lowest BCUT2D eigenvalue weighted by atomic mass is 9.33. The molecule has 0 radical (unpaired) electrons. The average Bonchev–Trinajstić information content (AvgIpc) is 3.33. The molecule has 0 amide bonds. The minimum Gasteiger partial charge on any atom is -0.311 e. The van der Waals surface area contributed by atoms with Crippen molar-refractivity contribution in [2.24, 2.45) is 0 Å². The molecular formula is C71H83BN2. The maximum Gasteiger partial charge on any atom is 0.252 e.